The van der Waals surface area contributed by atoms with Gasteiger partial charge in [-0.25, -0.2) is 0 Å². The first-order valence-electron chi connectivity index (χ1n) is 9.32. The first-order chi connectivity index (χ1) is 13.7. The van der Waals surface area contributed by atoms with E-state index in [0.717, 1.165) is 26.1 Å². The molecule has 1 saturated heterocycles. The average Bonchev–Trinajstić information content (AvgIpc) is 3.02. The molecule has 0 spiro atoms. The Morgan fingerprint density at radius 1 is 1.07 bits per heavy atom. The molecule has 2 amide bonds. The van der Waals surface area contributed by atoms with Gasteiger partial charge in [-0.2, -0.15) is 0 Å². The number of amides is 2. The highest BCUT2D eigenvalue weighted by molar-refractivity contribution is 5.94. The van der Waals surface area contributed by atoms with E-state index < -0.39 is 0 Å². The van der Waals surface area contributed by atoms with Gasteiger partial charge in [-0.15, -0.1) is 0 Å². The molecule has 148 valence electrons. The Labute approximate surface area is 164 Å². The zero-order chi connectivity index (χ0) is 19.8. The van der Waals surface area contributed by atoms with Gasteiger partial charge >= 0.3 is 0 Å². The Balaban J connectivity index is 1.51. The second kappa shape index (κ2) is 9.75. The Morgan fingerprint density at radius 2 is 1.89 bits per heavy atom. The Morgan fingerprint density at radius 3 is 2.68 bits per heavy atom. The fraction of sp³-hybridized carbons (Fsp3) is 0.333. The summed E-state index contributed by atoms with van der Waals surface area (Å²) in [5.74, 6) is 0.950. The van der Waals surface area contributed by atoms with Crippen LogP contribution in [0.2, 0.25) is 0 Å². The summed E-state index contributed by atoms with van der Waals surface area (Å²) >= 11 is 0. The standard InChI is InChI=1S/C21H25N3O4/c1-27-19-5-2-4-17(14-19)23-20(25)15-28-18-8-6-16(7-9-18)21(26)24-12-3-10-22-11-13-24/h2,4-9,14,22H,3,10-13,15H2,1H3,(H,23,25). The van der Waals surface area contributed by atoms with Crippen LogP contribution in [0.5, 0.6) is 11.5 Å². The minimum absolute atomic E-state index is 0.0195. The van der Waals surface area contributed by atoms with Crippen LogP contribution >= 0.6 is 0 Å². The van der Waals surface area contributed by atoms with Crippen molar-refractivity contribution in [1.82, 2.24) is 10.2 Å². The molecule has 0 aromatic heterocycles. The van der Waals surface area contributed by atoms with Crippen LogP contribution in [-0.2, 0) is 4.79 Å². The van der Waals surface area contributed by atoms with Crippen molar-refractivity contribution < 1.29 is 19.1 Å². The lowest BCUT2D eigenvalue weighted by Gasteiger charge is -2.20. The number of nitrogens with zero attached hydrogens (tertiary/aromatic N) is 1. The largest absolute Gasteiger partial charge is 0.497 e. The molecule has 2 aromatic rings. The van der Waals surface area contributed by atoms with E-state index in [1.165, 1.54) is 0 Å². The topological polar surface area (TPSA) is 79.9 Å². The zero-order valence-corrected chi connectivity index (χ0v) is 15.9. The molecule has 0 radical (unpaired) electrons. The number of rotatable bonds is 6. The van der Waals surface area contributed by atoms with E-state index in [0.29, 0.717) is 29.3 Å². The van der Waals surface area contributed by atoms with Gasteiger partial charge in [-0.1, -0.05) is 6.07 Å². The quantitative estimate of drug-likeness (QED) is 0.799. The number of nitrogens with one attached hydrogen (secondary N) is 2. The number of anilines is 1. The van der Waals surface area contributed by atoms with Crippen molar-refractivity contribution in [3.63, 3.8) is 0 Å². The SMILES string of the molecule is COc1cccc(NC(=O)COc2ccc(C(=O)N3CCCNCC3)cc2)c1. The maximum atomic E-state index is 12.6. The van der Waals surface area contributed by atoms with Crippen LogP contribution < -0.4 is 20.1 Å². The molecule has 0 bridgehead atoms. The van der Waals surface area contributed by atoms with Gasteiger partial charge in [-0.05, 0) is 49.4 Å². The van der Waals surface area contributed by atoms with E-state index in [4.69, 9.17) is 9.47 Å². The third-order valence-electron chi connectivity index (χ3n) is 4.45. The molecule has 0 atom stereocenters. The summed E-state index contributed by atoms with van der Waals surface area (Å²) in [7, 11) is 1.57. The van der Waals surface area contributed by atoms with Crippen LogP contribution in [0, 0.1) is 0 Å². The highest BCUT2D eigenvalue weighted by Crippen LogP contribution is 2.17. The fourth-order valence-corrected chi connectivity index (χ4v) is 2.97. The summed E-state index contributed by atoms with van der Waals surface area (Å²) in [6.45, 7) is 3.10. The lowest BCUT2D eigenvalue weighted by atomic mass is 10.2. The van der Waals surface area contributed by atoms with E-state index in [1.807, 2.05) is 4.90 Å². The number of ether oxygens (including phenoxy) is 2. The molecule has 1 aliphatic heterocycles. The number of methoxy groups -OCH3 is 1. The molecule has 0 unspecified atom stereocenters. The van der Waals surface area contributed by atoms with Gasteiger partial charge < -0.3 is 25.0 Å². The molecule has 0 saturated carbocycles. The van der Waals surface area contributed by atoms with Crippen LogP contribution in [0.3, 0.4) is 0 Å². The Kier molecular flexibility index (Phi) is 6.86. The monoisotopic (exact) mass is 383 g/mol. The lowest BCUT2D eigenvalue weighted by Crippen LogP contribution is -2.34. The van der Waals surface area contributed by atoms with Gasteiger partial charge in [-0.3, -0.25) is 9.59 Å². The Bertz CT molecular complexity index is 800. The van der Waals surface area contributed by atoms with Crippen LogP contribution in [-0.4, -0.2) is 56.6 Å². The number of hydrogen-bond acceptors (Lipinski definition) is 5. The van der Waals surface area contributed by atoms with Crippen molar-refractivity contribution in [2.75, 3.05) is 45.2 Å². The molecule has 7 heteroatoms. The molecule has 28 heavy (non-hydrogen) atoms. The van der Waals surface area contributed by atoms with Crippen LogP contribution in [0.15, 0.2) is 48.5 Å². The van der Waals surface area contributed by atoms with Crippen molar-refractivity contribution in [3.8, 4) is 11.5 Å². The molecule has 1 heterocycles. The fourth-order valence-electron chi connectivity index (χ4n) is 2.97. The van der Waals surface area contributed by atoms with Crippen molar-refractivity contribution in [2.24, 2.45) is 0 Å². The van der Waals surface area contributed by atoms with E-state index in [1.54, 1.807) is 55.6 Å². The van der Waals surface area contributed by atoms with Gasteiger partial charge in [0.25, 0.3) is 11.8 Å². The zero-order valence-electron chi connectivity index (χ0n) is 15.9. The number of hydrogen-bond donors (Lipinski definition) is 2. The van der Waals surface area contributed by atoms with Gasteiger partial charge in [0, 0.05) is 37.0 Å². The van der Waals surface area contributed by atoms with Gasteiger partial charge in [0.05, 0.1) is 7.11 Å². The number of carbonyl (C=O) groups is 2. The second-order valence-electron chi connectivity index (χ2n) is 6.49. The van der Waals surface area contributed by atoms with Crippen LogP contribution in [0.4, 0.5) is 5.69 Å². The molecule has 1 aliphatic rings. The summed E-state index contributed by atoms with van der Waals surface area (Å²) < 4.78 is 10.6. The molecule has 2 aromatic carbocycles. The lowest BCUT2D eigenvalue weighted by molar-refractivity contribution is -0.118. The summed E-state index contributed by atoms with van der Waals surface area (Å²) in [4.78, 5) is 26.5. The highest BCUT2D eigenvalue weighted by atomic mass is 16.5. The summed E-state index contributed by atoms with van der Waals surface area (Å²) in [5, 5.41) is 6.04. The predicted molar refractivity (Wildman–Crippen MR) is 107 cm³/mol. The molecule has 0 aliphatic carbocycles. The maximum Gasteiger partial charge on any atom is 0.262 e. The molecular formula is C21H25N3O4. The van der Waals surface area contributed by atoms with Crippen LogP contribution in [0.1, 0.15) is 16.8 Å². The first-order valence-corrected chi connectivity index (χ1v) is 9.32. The first kappa shape index (κ1) is 19.7. The van der Waals surface area contributed by atoms with Gasteiger partial charge in [0.1, 0.15) is 11.5 Å². The highest BCUT2D eigenvalue weighted by Gasteiger charge is 2.17. The third-order valence-corrected chi connectivity index (χ3v) is 4.45. The molecular weight excluding hydrogens is 358 g/mol. The van der Waals surface area contributed by atoms with Crippen molar-refractivity contribution in [3.05, 3.63) is 54.1 Å². The molecule has 7 nitrogen and oxygen atoms in total. The number of carbonyl (C=O) groups excluding carboxylic acids is 2. The van der Waals surface area contributed by atoms with E-state index in [-0.39, 0.29) is 18.4 Å². The maximum absolute atomic E-state index is 12.6. The van der Waals surface area contributed by atoms with E-state index in [9.17, 15) is 9.59 Å². The summed E-state index contributed by atoms with van der Waals surface area (Å²) in [6.07, 6.45) is 0.954. The van der Waals surface area contributed by atoms with Gasteiger partial charge in [0.15, 0.2) is 6.61 Å². The smallest absolute Gasteiger partial charge is 0.262 e. The second-order valence-corrected chi connectivity index (χ2v) is 6.49. The minimum Gasteiger partial charge on any atom is -0.497 e. The van der Waals surface area contributed by atoms with Gasteiger partial charge in [0.2, 0.25) is 0 Å². The third kappa shape index (κ3) is 5.47. The summed E-state index contributed by atoms with van der Waals surface area (Å²) in [6, 6.07) is 14.0. The van der Waals surface area contributed by atoms with E-state index in [2.05, 4.69) is 10.6 Å². The van der Waals surface area contributed by atoms with E-state index >= 15 is 0 Å². The molecule has 2 N–H and O–H groups in total. The predicted octanol–water partition coefficient (Wildman–Crippen LogP) is 2.15. The summed E-state index contributed by atoms with van der Waals surface area (Å²) in [5.41, 5.74) is 1.26. The number of benzene rings is 2. The van der Waals surface area contributed by atoms with Crippen molar-refractivity contribution in [2.45, 2.75) is 6.42 Å². The molecule has 3 rings (SSSR count). The minimum atomic E-state index is -0.273. The van der Waals surface area contributed by atoms with Crippen molar-refractivity contribution in [1.29, 1.82) is 0 Å². The van der Waals surface area contributed by atoms with Crippen molar-refractivity contribution >= 4 is 17.5 Å². The van der Waals surface area contributed by atoms with Crippen LogP contribution in [0.25, 0.3) is 0 Å². The molecule has 1 fully saturated rings. The Hall–Kier alpha value is -3.06. The normalized spacial score (nSPS) is 14.1. The average molecular weight is 383 g/mol.